The van der Waals surface area contributed by atoms with Gasteiger partial charge >= 0.3 is 5.97 Å². The lowest BCUT2D eigenvalue weighted by Gasteiger charge is -2.24. The molecule has 10 heteroatoms. The second-order valence-corrected chi connectivity index (χ2v) is 9.81. The minimum absolute atomic E-state index is 0.0390. The number of allylic oxidation sites excluding steroid dienone is 1. The third kappa shape index (κ3) is 4.90. The maximum absolute atomic E-state index is 13.7. The van der Waals surface area contributed by atoms with Gasteiger partial charge in [-0.15, -0.1) is 0 Å². The summed E-state index contributed by atoms with van der Waals surface area (Å²) in [6, 6.07) is 8.26. The van der Waals surface area contributed by atoms with Crippen LogP contribution in [0.2, 0.25) is 0 Å². The molecule has 0 spiro atoms. The summed E-state index contributed by atoms with van der Waals surface area (Å²) in [6.45, 7) is 5.75. The van der Waals surface area contributed by atoms with Gasteiger partial charge in [-0.2, -0.15) is 0 Å². The van der Waals surface area contributed by atoms with Crippen LogP contribution in [0.4, 0.5) is 4.39 Å². The predicted octanol–water partition coefficient (Wildman–Crippen LogP) is 3.65. The fourth-order valence-corrected chi connectivity index (χ4v) is 5.52. The molecular weight excluding hydrogens is 586 g/mol. The van der Waals surface area contributed by atoms with Crippen molar-refractivity contribution in [1.82, 2.24) is 4.57 Å². The normalized spacial score (nSPS) is 15.6. The van der Waals surface area contributed by atoms with Gasteiger partial charge in [-0.05, 0) is 84.8 Å². The Morgan fingerprint density at radius 2 is 1.97 bits per heavy atom. The molecule has 1 N–H and O–H groups in total. The smallest absolute Gasteiger partial charge is 0.338 e. The summed E-state index contributed by atoms with van der Waals surface area (Å²) in [5, 5.41) is 10.2. The van der Waals surface area contributed by atoms with E-state index in [0.717, 1.165) is 0 Å². The lowest BCUT2D eigenvalue weighted by atomic mass is 9.96. The third-order valence-corrected chi connectivity index (χ3v) is 7.16. The van der Waals surface area contributed by atoms with E-state index < -0.39 is 17.8 Å². The predicted molar refractivity (Wildman–Crippen MR) is 139 cm³/mol. The van der Waals surface area contributed by atoms with Crippen LogP contribution in [0.1, 0.15) is 37.9 Å². The second kappa shape index (κ2) is 10.3. The third-order valence-electron chi connectivity index (χ3n) is 5.35. The Balaban J connectivity index is 1.93. The van der Waals surface area contributed by atoms with E-state index in [4.69, 9.17) is 9.47 Å². The number of aromatic nitrogens is 1. The van der Waals surface area contributed by atoms with E-state index in [1.165, 1.54) is 28.0 Å². The summed E-state index contributed by atoms with van der Waals surface area (Å²) in [5.74, 6) is -0.640. The number of ether oxygens (including phenoxy) is 2. The van der Waals surface area contributed by atoms with Crippen LogP contribution in [0.5, 0.6) is 11.5 Å². The zero-order valence-electron chi connectivity index (χ0n) is 19.2. The molecule has 1 aliphatic rings. The fraction of sp³-hybridized carbons (Fsp3) is 0.240. The molecule has 0 aliphatic carbocycles. The zero-order chi connectivity index (χ0) is 25.3. The van der Waals surface area contributed by atoms with Crippen LogP contribution in [0.3, 0.4) is 0 Å². The minimum Gasteiger partial charge on any atom is -0.504 e. The minimum atomic E-state index is -0.813. The molecular formula is C25H22FIN2O5S. The van der Waals surface area contributed by atoms with Gasteiger partial charge in [-0.3, -0.25) is 9.36 Å². The molecule has 0 radical (unpaired) electrons. The molecule has 4 rings (SSSR count). The first kappa shape index (κ1) is 25.1. The molecule has 35 heavy (non-hydrogen) atoms. The van der Waals surface area contributed by atoms with Crippen LogP contribution in [-0.2, 0) is 9.53 Å². The SMILES string of the molecule is CCOC(=O)C1=C(C)N=c2s/c(=C\c3cc(I)c(O)c(OCC)c3)c(=O)n2[C@@H]1c1ccc(F)cc1. The van der Waals surface area contributed by atoms with Crippen LogP contribution in [0.25, 0.3) is 6.08 Å². The van der Waals surface area contributed by atoms with Gasteiger partial charge in [0.1, 0.15) is 5.82 Å². The number of halogens is 2. The largest absolute Gasteiger partial charge is 0.504 e. The fourth-order valence-electron chi connectivity index (χ4n) is 3.85. The Kier molecular flexibility index (Phi) is 7.41. The number of phenols is 1. The van der Waals surface area contributed by atoms with Gasteiger partial charge in [-0.1, -0.05) is 23.5 Å². The molecule has 0 saturated carbocycles. The zero-order valence-corrected chi connectivity index (χ0v) is 22.1. The number of rotatable bonds is 6. The average Bonchev–Trinajstić information content (AvgIpc) is 3.11. The Hall–Kier alpha value is -2.99. The summed E-state index contributed by atoms with van der Waals surface area (Å²) in [5.41, 5.74) is 1.55. The number of nitrogens with zero attached hydrogens (tertiary/aromatic N) is 2. The average molecular weight is 608 g/mol. The first-order valence-electron chi connectivity index (χ1n) is 10.9. The van der Waals surface area contributed by atoms with Crippen molar-refractivity contribution in [2.45, 2.75) is 26.8 Å². The van der Waals surface area contributed by atoms with Gasteiger partial charge in [0.15, 0.2) is 16.3 Å². The van der Waals surface area contributed by atoms with E-state index in [1.807, 2.05) is 29.5 Å². The lowest BCUT2D eigenvalue weighted by Crippen LogP contribution is -2.39. The lowest BCUT2D eigenvalue weighted by molar-refractivity contribution is -0.139. The van der Waals surface area contributed by atoms with Crippen molar-refractivity contribution in [3.8, 4) is 11.5 Å². The number of benzene rings is 2. The highest BCUT2D eigenvalue weighted by molar-refractivity contribution is 14.1. The molecule has 182 valence electrons. The highest BCUT2D eigenvalue weighted by atomic mass is 127. The molecule has 2 heterocycles. The summed E-state index contributed by atoms with van der Waals surface area (Å²) in [7, 11) is 0. The Bertz CT molecular complexity index is 1510. The highest BCUT2D eigenvalue weighted by Gasteiger charge is 2.33. The number of phenolic OH excluding ortho intramolecular Hbond substituents is 1. The summed E-state index contributed by atoms with van der Waals surface area (Å²) >= 11 is 3.18. The van der Waals surface area contributed by atoms with Crippen molar-refractivity contribution in [2.24, 2.45) is 4.99 Å². The van der Waals surface area contributed by atoms with Crippen LogP contribution < -0.4 is 19.6 Å². The summed E-state index contributed by atoms with van der Waals surface area (Å²) < 4.78 is 26.8. The molecule has 1 aliphatic heterocycles. The topological polar surface area (TPSA) is 90.1 Å². The number of aromatic hydroxyl groups is 1. The Morgan fingerprint density at radius 3 is 2.63 bits per heavy atom. The number of hydrogen-bond acceptors (Lipinski definition) is 7. The number of carbonyl (C=O) groups excluding carboxylic acids is 1. The van der Waals surface area contributed by atoms with Crippen molar-refractivity contribution in [2.75, 3.05) is 13.2 Å². The molecule has 2 aromatic carbocycles. The molecule has 0 amide bonds. The van der Waals surface area contributed by atoms with Gasteiger partial charge in [0, 0.05) is 0 Å². The van der Waals surface area contributed by atoms with Crippen LogP contribution in [-0.4, -0.2) is 28.9 Å². The quantitative estimate of drug-likeness (QED) is 0.341. The van der Waals surface area contributed by atoms with Crippen molar-refractivity contribution < 1.29 is 23.8 Å². The molecule has 0 bridgehead atoms. The van der Waals surface area contributed by atoms with E-state index >= 15 is 0 Å². The number of carbonyl (C=O) groups is 1. The molecule has 1 atom stereocenters. The maximum atomic E-state index is 13.7. The van der Waals surface area contributed by atoms with Gasteiger partial charge in [0.2, 0.25) is 0 Å². The Morgan fingerprint density at radius 1 is 1.26 bits per heavy atom. The van der Waals surface area contributed by atoms with Gasteiger partial charge < -0.3 is 14.6 Å². The van der Waals surface area contributed by atoms with Crippen molar-refractivity contribution in [3.05, 3.63) is 87.9 Å². The van der Waals surface area contributed by atoms with Crippen molar-refractivity contribution in [1.29, 1.82) is 0 Å². The second-order valence-electron chi connectivity index (χ2n) is 7.64. The van der Waals surface area contributed by atoms with Crippen LogP contribution in [0.15, 0.2) is 57.5 Å². The monoisotopic (exact) mass is 608 g/mol. The molecule has 1 aromatic heterocycles. The van der Waals surface area contributed by atoms with Crippen molar-refractivity contribution in [3.63, 3.8) is 0 Å². The number of esters is 1. The van der Waals surface area contributed by atoms with Crippen LogP contribution in [0, 0.1) is 9.39 Å². The van der Waals surface area contributed by atoms with E-state index in [9.17, 15) is 19.1 Å². The molecule has 0 saturated heterocycles. The van der Waals surface area contributed by atoms with E-state index in [-0.39, 0.29) is 23.5 Å². The van der Waals surface area contributed by atoms with Gasteiger partial charge in [-0.25, -0.2) is 14.2 Å². The van der Waals surface area contributed by atoms with Gasteiger partial charge in [0.05, 0.1) is 38.6 Å². The standard InChI is InChI=1S/C25H22FIN2O5S/c1-4-33-18-11-14(10-17(27)22(18)30)12-19-23(31)29-21(15-6-8-16(26)9-7-15)20(24(32)34-5-2)13(3)28-25(29)35-19/h6-12,21,30H,4-5H2,1-3H3/b19-12-/t21-/m1/s1. The van der Waals surface area contributed by atoms with Crippen molar-refractivity contribution >= 4 is 46.0 Å². The first-order chi connectivity index (χ1) is 16.7. The summed E-state index contributed by atoms with van der Waals surface area (Å²) in [6.07, 6.45) is 1.69. The van der Waals surface area contributed by atoms with E-state index in [2.05, 4.69) is 4.99 Å². The summed E-state index contributed by atoms with van der Waals surface area (Å²) in [4.78, 5) is 31.4. The number of fused-ring (bicyclic) bond motifs is 1. The highest BCUT2D eigenvalue weighted by Crippen LogP contribution is 2.33. The number of thiazole rings is 1. The maximum Gasteiger partial charge on any atom is 0.338 e. The first-order valence-corrected chi connectivity index (χ1v) is 12.7. The molecule has 0 fully saturated rings. The molecule has 0 unspecified atom stereocenters. The van der Waals surface area contributed by atoms with Crippen LogP contribution >= 0.6 is 33.9 Å². The Labute approximate surface area is 218 Å². The molecule has 3 aromatic rings. The van der Waals surface area contributed by atoms with E-state index in [0.29, 0.717) is 42.1 Å². The number of hydrogen-bond donors (Lipinski definition) is 1. The molecule has 7 nitrogen and oxygen atoms in total. The van der Waals surface area contributed by atoms with E-state index in [1.54, 1.807) is 44.2 Å². The van der Waals surface area contributed by atoms with Gasteiger partial charge in [0.25, 0.3) is 5.56 Å².